The van der Waals surface area contributed by atoms with Crippen molar-refractivity contribution in [1.82, 2.24) is 0 Å². The summed E-state index contributed by atoms with van der Waals surface area (Å²) in [5.74, 6) is -21.7. The molecule has 5 nitrogen and oxygen atoms in total. The van der Waals surface area contributed by atoms with Gasteiger partial charge in [-0.1, -0.05) is 12.1 Å². The van der Waals surface area contributed by atoms with Crippen LogP contribution in [0.3, 0.4) is 0 Å². The Labute approximate surface area is 207 Å². The highest BCUT2D eigenvalue weighted by Gasteiger charge is 2.83. The average Bonchev–Trinajstić information content (AvgIpc) is 3.56. The Kier molecular flexibility index (Phi) is 9.02. The van der Waals surface area contributed by atoms with Crippen molar-refractivity contribution in [3.8, 4) is 5.75 Å². The molecule has 0 saturated carbocycles. The lowest BCUT2D eigenvalue weighted by Gasteiger charge is -2.39. The van der Waals surface area contributed by atoms with Gasteiger partial charge in [0.25, 0.3) is 0 Å². The molecule has 1 aromatic carbocycles. The van der Waals surface area contributed by atoms with Crippen molar-refractivity contribution in [1.29, 1.82) is 0 Å². The van der Waals surface area contributed by atoms with Crippen LogP contribution in [0, 0.1) is 0 Å². The van der Waals surface area contributed by atoms with Gasteiger partial charge in [-0.2, -0.15) is 61.5 Å². The van der Waals surface area contributed by atoms with Crippen LogP contribution < -0.4 is 4.74 Å². The van der Waals surface area contributed by atoms with Crippen LogP contribution in [0.4, 0.5) is 65.9 Å². The molecule has 0 aromatic heterocycles. The Morgan fingerprint density at radius 3 is 1.79 bits per heavy atom. The van der Waals surface area contributed by atoms with Gasteiger partial charge in [-0.05, 0) is 17.7 Å². The maximum absolute atomic E-state index is 14.1. The van der Waals surface area contributed by atoms with E-state index in [1.165, 1.54) is 0 Å². The van der Waals surface area contributed by atoms with E-state index < -0.39 is 61.2 Å². The first-order valence-corrected chi connectivity index (χ1v) is 10.0. The molecule has 1 aromatic rings. The van der Waals surface area contributed by atoms with E-state index in [0.717, 1.165) is 12.1 Å². The third-order valence-corrected chi connectivity index (χ3v) is 4.59. The van der Waals surface area contributed by atoms with Crippen molar-refractivity contribution in [2.45, 2.75) is 68.2 Å². The molecule has 1 fully saturated rings. The molecular weight excluding hydrogens is 593 g/mol. The molecule has 1 aliphatic heterocycles. The van der Waals surface area contributed by atoms with Crippen molar-refractivity contribution in [2.75, 3.05) is 13.2 Å². The summed E-state index contributed by atoms with van der Waals surface area (Å²) in [6.07, 6.45) is -33.3. The number of alkyl halides is 15. The van der Waals surface area contributed by atoms with Gasteiger partial charge in [0, 0.05) is 6.92 Å². The minimum Gasteiger partial charge on any atom is -0.429 e. The monoisotopic (exact) mass is 608 g/mol. The van der Waals surface area contributed by atoms with Gasteiger partial charge >= 0.3 is 48.6 Å². The highest BCUT2D eigenvalue weighted by atomic mass is 19.4. The van der Waals surface area contributed by atoms with Crippen molar-refractivity contribution in [3.05, 3.63) is 29.8 Å². The summed E-state index contributed by atoms with van der Waals surface area (Å²) in [5, 5.41) is 0. The van der Waals surface area contributed by atoms with Crippen molar-refractivity contribution in [3.63, 3.8) is 0 Å². The summed E-state index contributed by atoms with van der Waals surface area (Å²) < 4.78 is 219. The summed E-state index contributed by atoms with van der Waals surface area (Å²) in [6.45, 7) is -0.491. The number of epoxide rings is 1. The minimum atomic E-state index is -7.58. The lowest BCUT2D eigenvalue weighted by Crippen LogP contribution is -2.66. The molecule has 0 N–H and O–H groups in total. The molecule has 226 valence electrons. The second-order valence-corrected chi connectivity index (χ2v) is 7.90. The molecule has 39 heavy (non-hydrogen) atoms. The second kappa shape index (κ2) is 10.7. The zero-order valence-corrected chi connectivity index (χ0v) is 18.8. The summed E-state index contributed by atoms with van der Waals surface area (Å²) in [5.41, 5.74) is 0.297. The topological polar surface area (TPSA) is 49.5 Å². The third kappa shape index (κ3) is 7.31. The maximum atomic E-state index is 14.1. The molecule has 1 aliphatic rings. The van der Waals surface area contributed by atoms with Crippen LogP contribution in [0.25, 0.3) is 0 Å². The summed E-state index contributed by atoms with van der Waals surface area (Å²) >= 11 is 0. The first-order valence-electron chi connectivity index (χ1n) is 10.0. The number of halogens is 15. The summed E-state index contributed by atoms with van der Waals surface area (Å²) in [6, 6.07) is 3.38. The molecule has 0 amide bonds. The van der Waals surface area contributed by atoms with Gasteiger partial charge in [0.05, 0.1) is 19.8 Å². The Hall–Kier alpha value is -2.19. The second-order valence-electron chi connectivity index (χ2n) is 7.90. The molecule has 2 rings (SSSR count). The maximum Gasteiger partial charge on any atom is 0.458 e. The van der Waals surface area contributed by atoms with E-state index in [1.807, 2.05) is 0 Å². The molecule has 1 saturated heterocycles. The van der Waals surface area contributed by atoms with Crippen LogP contribution >= 0.6 is 0 Å². The molecule has 1 heterocycles. The molecule has 20 heteroatoms. The number of ether oxygens (including phenoxy) is 5. The molecule has 0 radical (unpaired) electrons. The predicted molar refractivity (Wildman–Crippen MR) is 93.8 cm³/mol. The van der Waals surface area contributed by atoms with E-state index in [9.17, 15) is 65.9 Å². The molecule has 0 bridgehead atoms. The van der Waals surface area contributed by atoms with Gasteiger partial charge in [-0.25, -0.2) is 4.39 Å². The first kappa shape index (κ1) is 33.0. The SMILES string of the molecule is CC(F)(F)C(F)(F)C(F)(F)OC(F)(C(F)(F)F)C(F)(F)OC(F)C(F)(F)Oc1ccc(COCC2CO2)cc1. The fraction of sp³-hybridized carbons (Fsp3) is 0.684. The Morgan fingerprint density at radius 2 is 1.36 bits per heavy atom. The van der Waals surface area contributed by atoms with Crippen LogP contribution in [0.1, 0.15) is 12.5 Å². The van der Waals surface area contributed by atoms with Gasteiger partial charge in [0.2, 0.25) is 0 Å². The Morgan fingerprint density at radius 1 is 0.846 bits per heavy atom. The fourth-order valence-corrected chi connectivity index (χ4v) is 2.38. The lowest BCUT2D eigenvalue weighted by molar-refractivity contribution is -0.539. The number of hydrogen-bond donors (Lipinski definition) is 0. The fourth-order valence-electron chi connectivity index (χ4n) is 2.38. The predicted octanol–water partition coefficient (Wildman–Crippen LogP) is 6.61. The summed E-state index contributed by atoms with van der Waals surface area (Å²) in [7, 11) is 0. The Balaban J connectivity index is 2.20. The summed E-state index contributed by atoms with van der Waals surface area (Å²) in [4.78, 5) is 0. The van der Waals surface area contributed by atoms with Crippen molar-refractivity contribution in [2.24, 2.45) is 0 Å². The van der Waals surface area contributed by atoms with Gasteiger partial charge in [-0.15, -0.1) is 0 Å². The highest BCUT2D eigenvalue weighted by molar-refractivity contribution is 5.27. The third-order valence-electron chi connectivity index (χ3n) is 4.59. The molecular formula is C19H15F15O5. The van der Waals surface area contributed by atoms with Gasteiger partial charge in [0.1, 0.15) is 11.9 Å². The van der Waals surface area contributed by atoms with E-state index in [-0.39, 0.29) is 19.3 Å². The first-order chi connectivity index (χ1) is 17.4. The van der Waals surface area contributed by atoms with Crippen LogP contribution in [-0.2, 0) is 25.6 Å². The van der Waals surface area contributed by atoms with Crippen LogP contribution in [0.5, 0.6) is 5.75 Å². The number of hydrogen-bond acceptors (Lipinski definition) is 5. The standard InChI is InChI=1S/C19H15F15O5/c1-13(21,22)15(25,26)18(31,32)39-16(27,17(28,29)30)19(33,34)38-12(20)14(23,24)37-10-4-2-9(3-5-10)6-35-7-11-8-36-11/h2-5,11-12H,6-8H2,1H3. The largest absolute Gasteiger partial charge is 0.458 e. The zero-order chi connectivity index (χ0) is 30.3. The quantitative estimate of drug-likeness (QED) is 0.176. The van der Waals surface area contributed by atoms with Crippen LogP contribution in [0.2, 0.25) is 0 Å². The molecule has 0 spiro atoms. The normalized spacial score (nSPS) is 19.9. The zero-order valence-electron chi connectivity index (χ0n) is 18.8. The van der Waals surface area contributed by atoms with Gasteiger partial charge < -0.3 is 14.2 Å². The Bertz CT molecular complexity index is 959. The highest BCUT2D eigenvalue weighted by Crippen LogP contribution is 2.55. The van der Waals surface area contributed by atoms with Crippen LogP contribution in [-0.4, -0.2) is 67.9 Å². The molecule has 3 atom stereocenters. The average molecular weight is 608 g/mol. The van der Waals surface area contributed by atoms with Gasteiger partial charge in [-0.3, -0.25) is 9.47 Å². The number of rotatable bonds is 14. The van der Waals surface area contributed by atoms with Gasteiger partial charge in [0.15, 0.2) is 0 Å². The minimum absolute atomic E-state index is 0.0960. The number of benzene rings is 1. The smallest absolute Gasteiger partial charge is 0.429 e. The molecule has 3 unspecified atom stereocenters. The molecule has 0 aliphatic carbocycles. The van der Waals surface area contributed by atoms with Crippen molar-refractivity contribution >= 4 is 0 Å². The van der Waals surface area contributed by atoms with E-state index in [2.05, 4.69) is 9.47 Å². The van der Waals surface area contributed by atoms with Crippen molar-refractivity contribution < 1.29 is 89.5 Å². The van der Waals surface area contributed by atoms with E-state index in [1.54, 1.807) is 4.74 Å². The van der Waals surface area contributed by atoms with Crippen LogP contribution in [0.15, 0.2) is 24.3 Å². The lowest BCUT2D eigenvalue weighted by atomic mass is 10.1. The van der Waals surface area contributed by atoms with E-state index in [4.69, 9.17) is 9.47 Å². The van der Waals surface area contributed by atoms with E-state index in [0.29, 0.717) is 24.3 Å². The van der Waals surface area contributed by atoms with E-state index >= 15 is 0 Å².